The van der Waals surface area contributed by atoms with Crippen LogP contribution < -0.4 is 29.7 Å². The van der Waals surface area contributed by atoms with Gasteiger partial charge in [-0.3, -0.25) is 9.69 Å². The molecule has 0 aliphatic carbocycles. The van der Waals surface area contributed by atoms with Crippen molar-refractivity contribution in [3.63, 3.8) is 0 Å². The Labute approximate surface area is 220 Å². The number of nitrogens with one attached hydrogen (secondary N) is 2. The predicted molar refractivity (Wildman–Crippen MR) is 144 cm³/mol. The summed E-state index contributed by atoms with van der Waals surface area (Å²) < 4.78 is 17.9. The summed E-state index contributed by atoms with van der Waals surface area (Å²) in [6, 6.07) is 19.7. The summed E-state index contributed by atoms with van der Waals surface area (Å²) in [5.41, 5.74) is 1.03. The minimum absolute atomic E-state index is 0.218. The van der Waals surface area contributed by atoms with Crippen molar-refractivity contribution in [3.05, 3.63) is 77.3 Å². The summed E-state index contributed by atoms with van der Waals surface area (Å²) in [7, 11) is 1.60. The van der Waals surface area contributed by atoms with E-state index in [9.17, 15) is 4.79 Å². The molecule has 36 heavy (non-hydrogen) atoms. The van der Waals surface area contributed by atoms with Gasteiger partial charge in [0.05, 0.1) is 19.8 Å². The van der Waals surface area contributed by atoms with Gasteiger partial charge < -0.3 is 24.8 Å². The third-order valence-corrected chi connectivity index (χ3v) is 7.06. The Morgan fingerprint density at radius 1 is 1.17 bits per heavy atom. The van der Waals surface area contributed by atoms with Crippen molar-refractivity contribution >= 4 is 46.2 Å². The maximum absolute atomic E-state index is 13.9. The van der Waals surface area contributed by atoms with Gasteiger partial charge in [-0.2, -0.15) is 0 Å². The molecule has 0 saturated carbocycles. The average molecular weight is 524 g/mol. The van der Waals surface area contributed by atoms with Crippen LogP contribution in [0.1, 0.15) is 25.5 Å². The van der Waals surface area contributed by atoms with E-state index in [1.165, 1.54) is 0 Å². The third-order valence-electron chi connectivity index (χ3n) is 6.51. The van der Waals surface area contributed by atoms with Gasteiger partial charge in [0, 0.05) is 22.0 Å². The SMILES string of the molecule is CCOc1ccc(N2C(=S)N[C@H]3c4cccc(OC)c4O[C@]2(C)[C@@H]3C(=O)Nc2ccc(Cl)cc2)cc1. The lowest BCUT2D eigenvalue weighted by molar-refractivity contribution is -0.130. The number of anilines is 2. The molecule has 0 radical (unpaired) electrons. The number of methoxy groups -OCH3 is 1. The van der Waals surface area contributed by atoms with E-state index in [1.54, 1.807) is 31.4 Å². The number of halogens is 1. The van der Waals surface area contributed by atoms with Crippen molar-refractivity contribution in [3.8, 4) is 17.2 Å². The third kappa shape index (κ3) is 4.10. The standard InChI is InChI=1S/C27H26ClN3O4S/c1-4-34-19-14-12-18(13-15-19)31-26(36)30-23-20-6-5-7-21(33-3)24(20)35-27(31,2)22(23)25(32)29-17-10-8-16(28)9-11-17/h5-15,22-23H,4H2,1-3H3,(H,29,32)(H,30,36)/t22-,23-,27+/m0/s1. The molecule has 5 rings (SSSR count). The van der Waals surface area contributed by atoms with Crippen LogP contribution in [0.25, 0.3) is 0 Å². The molecule has 2 heterocycles. The maximum atomic E-state index is 13.9. The van der Waals surface area contributed by atoms with E-state index in [2.05, 4.69) is 10.6 Å². The first-order valence-electron chi connectivity index (χ1n) is 11.6. The number of hydrogen-bond donors (Lipinski definition) is 2. The summed E-state index contributed by atoms with van der Waals surface area (Å²) in [6.07, 6.45) is 0. The Hall–Kier alpha value is -3.49. The van der Waals surface area contributed by atoms with Crippen molar-refractivity contribution < 1.29 is 19.0 Å². The Kier molecular flexibility index (Phi) is 6.40. The molecule has 186 valence electrons. The lowest BCUT2D eigenvalue weighted by Gasteiger charge is -2.56. The summed E-state index contributed by atoms with van der Waals surface area (Å²) >= 11 is 11.9. The number of carbonyl (C=O) groups excluding carboxylic acids is 1. The van der Waals surface area contributed by atoms with Gasteiger partial charge in [0.25, 0.3) is 0 Å². The van der Waals surface area contributed by atoms with Crippen molar-refractivity contribution in [2.45, 2.75) is 25.6 Å². The number of benzene rings is 3. The molecule has 9 heteroatoms. The fourth-order valence-electron chi connectivity index (χ4n) is 4.93. The van der Waals surface area contributed by atoms with Gasteiger partial charge in [-0.15, -0.1) is 0 Å². The van der Waals surface area contributed by atoms with E-state index in [-0.39, 0.29) is 5.91 Å². The summed E-state index contributed by atoms with van der Waals surface area (Å²) in [4.78, 5) is 15.7. The molecule has 3 atom stereocenters. The largest absolute Gasteiger partial charge is 0.494 e. The lowest BCUT2D eigenvalue weighted by Crippen LogP contribution is -2.72. The van der Waals surface area contributed by atoms with Crippen LogP contribution >= 0.6 is 23.8 Å². The second kappa shape index (κ2) is 9.52. The average Bonchev–Trinajstić information content (AvgIpc) is 2.86. The van der Waals surface area contributed by atoms with Crippen LogP contribution in [0.3, 0.4) is 0 Å². The number of hydrogen-bond acceptors (Lipinski definition) is 5. The smallest absolute Gasteiger partial charge is 0.236 e. The van der Waals surface area contributed by atoms with Gasteiger partial charge in [0.15, 0.2) is 22.3 Å². The van der Waals surface area contributed by atoms with Crippen LogP contribution in [-0.2, 0) is 4.79 Å². The summed E-state index contributed by atoms with van der Waals surface area (Å²) in [5.74, 6) is 1.01. The number of para-hydroxylation sites is 1. The van der Waals surface area contributed by atoms with Crippen LogP contribution in [0, 0.1) is 5.92 Å². The first kappa shape index (κ1) is 24.2. The first-order chi connectivity index (χ1) is 17.4. The Balaban J connectivity index is 1.61. The molecular weight excluding hydrogens is 498 g/mol. The van der Waals surface area contributed by atoms with Crippen LogP contribution in [-0.4, -0.2) is 30.5 Å². The van der Waals surface area contributed by atoms with Crippen LogP contribution in [0.5, 0.6) is 17.2 Å². The van der Waals surface area contributed by atoms with Crippen molar-refractivity contribution in [2.24, 2.45) is 5.92 Å². The number of carbonyl (C=O) groups is 1. The Morgan fingerprint density at radius 2 is 1.89 bits per heavy atom. The van der Waals surface area contributed by atoms with Crippen LogP contribution in [0.2, 0.25) is 5.02 Å². The first-order valence-corrected chi connectivity index (χ1v) is 12.4. The predicted octanol–water partition coefficient (Wildman–Crippen LogP) is 5.55. The molecule has 2 N–H and O–H groups in total. The number of rotatable bonds is 6. The number of nitrogens with zero attached hydrogens (tertiary/aromatic N) is 1. The molecule has 0 spiro atoms. The van der Waals surface area contributed by atoms with E-state index >= 15 is 0 Å². The molecule has 2 aliphatic heterocycles. The zero-order chi connectivity index (χ0) is 25.4. The van der Waals surface area contributed by atoms with E-state index in [0.717, 1.165) is 17.0 Å². The maximum Gasteiger partial charge on any atom is 0.236 e. The summed E-state index contributed by atoms with van der Waals surface area (Å²) in [5, 5.41) is 7.47. The van der Waals surface area contributed by atoms with E-state index < -0.39 is 17.7 Å². The molecule has 3 aromatic rings. The molecule has 7 nitrogen and oxygen atoms in total. The minimum Gasteiger partial charge on any atom is -0.494 e. The molecule has 1 amide bonds. The zero-order valence-electron chi connectivity index (χ0n) is 20.1. The molecule has 1 fully saturated rings. The van der Waals surface area contributed by atoms with Gasteiger partial charge >= 0.3 is 0 Å². The van der Waals surface area contributed by atoms with Crippen molar-refractivity contribution in [1.82, 2.24) is 5.32 Å². The monoisotopic (exact) mass is 523 g/mol. The number of thiocarbonyl (C=S) groups is 1. The highest BCUT2D eigenvalue weighted by molar-refractivity contribution is 7.80. The molecule has 3 aromatic carbocycles. The molecule has 1 saturated heterocycles. The van der Waals surface area contributed by atoms with Gasteiger partial charge in [0.2, 0.25) is 5.91 Å². The fourth-order valence-corrected chi connectivity index (χ4v) is 5.47. The molecular formula is C27H26ClN3O4S. The van der Waals surface area contributed by atoms with Crippen molar-refractivity contribution in [2.75, 3.05) is 23.9 Å². The highest BCUT2D eigenvalue weighted by atomic mass is 35.5. The van der Waals surface area contributed by atoms with Crippen LogP contribution in [0.15, 0.2) is 66.7 Å². The fraction of sp³-hybridized carbons (Fsp3) is 0.259. The van der Waals surface area contributed by atoms with E-state index in [4.69, 9.17) is 38.0 Å². The van der Waals surface area contributed by atoms with Crippen molar-refractivity contribution in [1.29, 1.82) is 0 Å². The van der Waals surface area contributed by atoms with Gasteiger partial charge in [-0.05, 0) is 80.7 Å². The van der Waals surface area contributed by atoms with E-state index in [0.29, 0.717) is 33.9 Å². The molecule has 2 aliphatic rings. The second-order valence-corrected chi connectivity index (χ2v) is 9.52. The zero-order valence-corrected chi connectivity index (χ0v) is 21.7. The second-order valence-electron chi connectivity index (χ2n) is 8.70. The molecule has 0 unspecified atom stereocenters. The van der Waals surface area contributed by atoms with Gasteiger partial charge in [-0.25, -0.2) is 0 Å². The van der Waals surface area contributed by atoms with Gasteiger partial charge in [-0.1, -0.05) is 23.7 Å². The Morgan fingerprint density at radius 3 is 2.56 bits per heavy atom. The molecule has 2 bridgehead atoms. The van der Waals surface area contributed by atoms with Crippen LogP contribution in [0.4, 0.5) is 11.4 Å². The normalized spacial score (nSPS) is 22.1. The summed E-state index contributed by atoms with van der Waals surface area (Å²) in [6.45, 7) is 4.38. The minimum atomic E-state index is -1.17. The number of ether oxygens (including phenoxy) is 3. The Bertz CT molecular complexity index is 1300. The van der Waals surface area contributed by atoms with E-state index in [1.807, 2.05) is 61.2 Å². The number of fused-ring (bicyclic) bond motifs is 4. The highest BCUT2D eigenvalue weighted by Crippen LogP contribution is 2.52. The highest BCUT2D eigenvalue weighted by Gasteiger charge is 2.59. The topological polar surface area (TPSA) is 72.1 Å². The quantitative estimate of drug-likeness (QED) is 0.411. The lowest BCUT2D eigenvalue weighted by atomic mass is 9.78. The number of amides is 1. The van der Waals surface area contributed by atoms with Gasteiger partial charge in [0.1, 0.15) is 11.7 Å². The molecule has 0 aromatic heterocycles.